The van der Waals surface area contributed by atoms with Crippen LogP contribution in [0, 0.1) is 11.2 Å². The van der Waals surface area contributed by atoms with Crippen LogP contribution < -0.4 is 5.73 Å². The van der Waals surface area contributed by atoms with Crippen LogP contribution in [0.3, 0.4) is 0 Å². The fourth-order valence-corrected chi connectivity index (χ4v) is 3.90. The van der Waals surface area contributed by atoms with Gasteiger partial charge in [0.25, 0.3) is 0 Å². The summed E-state index contributed by atoms with van der Waals surface area (Å²) in [5.74, 6) is -0.736. The van der Waals surface area contributed by atoms with E-state index >= 15 is 0 Å². The lowest BCUT2D eigenvalue weighted by atomic mass is 9.88. The van der Waals surface area contributed by atoms with Gasteiger partial charge < -0.3 is 5.73 Å². The first-order valence-corrected chi connectivity index (χ1v) is 8.32. The highest BCUT2D eigenvalue weighted by Gasteiger charge is 2.34. The summed E-state index contributed by atoms with van der Waals surface area (Å²) in [5, 5.41) is 0. The lowest BCUT2D eigenvalue weighted by Crippen LogP contribution is -2.43. The lowest BCUT2D eigenvalue weighted by molar-refractivity contribution is 0.216. The molecule has 0 heterocycles. The van der Waals surface area contributed by atoms with E-state index in [4.69, 9.17) is 18.0 Å². The average Bonchev–Trinajstić information content (AvgIpc) is 2.34. The molecule has 0 aromatic heterocycles. The van der Waals surface area contributed by atoms with Crippen molar-refractivity contribution in [2.45, 2.75) is 38.6 Å². The molecule has 1 rings (SSSR count). The molecule has 0 bridgehead atoms. The fourth-order valence-electron chi connectivity index (χ4n) is 1.87. The summed E-state index contributed by atoms with van der Waals surface area (Å²) in [6, 6.07) is 3.50. The SMILES string of the molecule is CC(N(C)S(=O)(=O)c1cccc(F)c1C(N)=S)C(C)(C)C. The second-order valence-corrected chi connectivity index (χ2v) is 8.45. The molecule has 0 fully saturated rings. The van der Waals surface area contributed by atoms with Gasteiger partial charge in [0.1, 0.15) is 10.8 Å². The van der Waals surface area contributed by atoms with E-state index in [9.17, 15) is 12.8 Å². The molecular formula is C14H21FN2O2S2. The van der Waals surface area contributed by atoms with Crippen molar-refractivity contribution in [3.05, 3.63) is 29.6 Å². The Labute approximate surface area is 131 Å². The molecule has 0 radical (unpaired) electrons. The van der Waals surface area contributed by atoms with Gasteiger partial charge in [0, 0.05) is 13.1 Å². The molecule has 0 aliphatic rings. The zero-order chi connectivity index (χ0) is 16.6. The minimum atomic E-state index is -3.89. The van der Waals surface area contributed by atoms with Gasteiger partial charge in [-0.1, -0.05) is 39.1 Å². The summed E-state index contributed by atoms with van der Waals surface area (Å²) in [6.45, 7) is 7.61. The number of hydrogen-bond donors (Lipinski definition) is 1. The molecule has 0 saturated heterocycles. The summed E-state index contributed by atoms with van der Waals surface area (Å²) in [4.78, 5) is -0.475. The largest absolute Gasteiger partial charge is 0.389 e. The molecule has 7 heteroatoms. The summed E-state index contributed by atoms with van der Waals surface area (Å²) < 4.78 is 40.6. The summed E-state index contributed by atoms with van der Waals surface area (Å²) in [6.07, 6.45) is 0. The number of benzene rings is 1. The third kappa shape index (κ3) is 3.59. The third-order valence-corrected chi connectivity index (χ3v) is 5.85. The summed E-state index contributed by atoms with van der Waals surface area (Å²) in [5.41, 5.74) is 4.98. The molecule has 0 amide bonds. The molecule has 118 valence electrons. The second kappa shape index (κ2) is 5.98. The average molecular weight is 332 g/mol. The molecule has 1 atom stereocenters. The van der Waals surface area contributed by atoms with Crippen molar-refractivity contribution in [2.75, 3.05) is 7.05 Å². The predicted molar refractivity (Wildman–Crippen MR) is 86.2 cm³/mol. The number of nitrogens with zero attached hydrogens (tertiary/aromatic N) is 1. The van der Waals surface area contributed by atoms with E-state index in [1.165, 1.54) is 23.5 Å². The van der Waals surface area contributed by atoms with Crippen LogP contribution in [0.4, 0.5) is 4.39 Å². The predicted octanol–water partition coefficient (Wildman–Crippen LogP) is 2.52. The van der Waals surface area contributed by atoms with Crippen LogP contribution in [0.5, 0.6) is 0 Å². The van der Waals surface area contributed by atoms with Crippen molar-refractivity contribution < 1.29 is 12.8 Å². The normalized spacial score (nSPS) is 14.2. The van der Waals surface area contributed by atoms with Crippen LogP contribution in [-0.2, 0) is 10.0 Å². The number of rotatable bonds is 4. The Hall–Kier alpha value is -1.05. The van der Waals surface area contributed by atoms with Crippen LogP contribution in [-0.4, -0.2) is 30.8 Å². The Balaban J connectivity index is 3.46. The summed E-state index contributed by atoms with van der Waals surface area (Å²) in [7, 11) is -2.42. The Bertz CT molecular complexity index is 651. The highest BCUT2D eigenvalue weighted by molar-refractivity contribution is 7.89. The third-order valence-electron chi connectivity index (χ3n) is 3.68. The first kappa shape index (κ1) is 18.0. The Morgan fingerprint density at radius 2 is 1.90 bits per heavy atom. The maximum atomic E-state index is 13.9. The van der Waals surface area contributed by atoms with Gasteiger partial charge in [-0.2, -0.15) is 4.31 Å². The lowest BCUT2D eigenvalue weighted by Gasteiger charge is -2.34. The fraction of sp³-hybridized carbons (Fsp3) is 0.500. The molecule has 1 aromatic rings. The van der Waals surface area contributed by atoms with Gasteiger partial charge in [-0.05, 0) is 24.5 Å². The Morgan fingerprint density at radius 1 is 1.38 bits per heavy atom. The zero-order valence-corrected chi connectivity index (χ0v) is 14.5. The first-order valence-electron chi connectivity index (χ1n) is 6.47. The number of thiocarbonyl (C=S) groups is 1. The van der Waals surface area contributed by atoms with E-state index in [-0.39, 0.29) is 26.9 Å². The zero-order valence-electron chi connectivity index (χ0n) is 12.8. The second-order valence-electron chi connectivity index (χ2n) is 6.04. The highest BCUT2D eigenvalue weighted by atomic mass is 32.2. The van der Waals surface area contributed by atoms with Crippen molar-refractivity contribution in [3.63, 3.8) is 0 Å². The molecule has 21 heavy (non-hydrogen) atoms. The van der Waals surface area contributed by atoms with Crippen LogP contribution in [0.1, 0.15) is 33.3 Å². The van der Waals surface area contributed by atoms with Gasteiger partial charge in [0.05, 0.1) is 10.5 Å². The van der Waals surface area contributed by atoms with Gasteiger partial charge in [-0.3, -0.25) is 0 Å². The van der Waals surface area contributed by atoms with Crippen molar-refractivity contribution in [2.24, 2.45) is 11.1 Å². The quantitative estimate of drug-likeness (QED) is 0.861. The highest BCUT2D eigenvalue weighted by Crippen LogP contribution is 2.29. The maximum Gasteiger partial charge on any atom is 0.243 e. The monoisotopic (exact) mass is 332 g/mol. The minimum absolute atomic E-state index is 0.200. The molecule has 0 saturated carbocycles. The van der Waals surface area contributed by atoms with Crippen molar-refractivity contribution in [1.29, 1.82) is 0 Å². The standard InChI is InChI=1S/C14H21FN2O2S2/c1-9(14(2,3)4)17(5)21(18,19)11-8-6-7-10(15)12(11)13(16)20/h6-9H,1-5H3,(H2,16,20). The molecule has 1 unspecified atom stereocenters. The molecule has 4 nitrogen and oxygen atoms in total. The van der Waals surface area contributed by atoms with Crippen LogP contribution in [0.15, 0.2) is 23.1 Å². The Kier molecular flexibility index (Phi) is 5.13. The summed E-state index contributed by atoms with van der Waals surface area (Å²) >= 11 is 4.79. The van der Waals surface area contributed by atoms with E-state index in [1.807, 2.05) is 20.8 Å². The topological polar surface area (TPSA) is 63.4 Å². The smallest absolute Gasteiger partial charge is 0.243 e. The van der Waals surface area contributed by atoms with Gasteiger partial charge in [-0.15, -0.1) is 0 Å². The molecular weight excluding hydrogens is 311 g/mol. The van der Waals surface area contributed by atoms with E-state index < -0.39 is 15.8 Å². The van der Waals surface area contributed by atoms with E-state index in [1.54, 1.807) is 6.92 Å². The van der Waals surface area contributed by atoms with E-state index in [0.717, 1.165) is 6.07 Å². The van der Waals surface area contributed by atoms with Gasteiger partial charge in [0.15, 0.2) is 0 Å². The Morgan fingerprint density at radius 3 is 2.33 bits per heavy atom. The first-order chi connectivity index (χ1) is 9.40. The van der Waals surface area contributed by atoms with Gasteiger partial charge >= 0.3 is 0 Å². The van der Waals surface area contributed by atoms with Gasteiger partial charge in [-0.25, -0.2) is 12.8 Å². The number of sulfonamides is 1. The van der Waals surface area contributed by atoms with E-state index in [2.05, 4.69) is 0 Å². The molecule has 0 spiro atoms. The van der Waals surface area contributed by atoms with Crippen LogP contribution in [0.25, 0.3) is 0 Å². The number of halogens is 1. The van der Waals surface area contributed by atoms with Crippen molar-refractivity contribution >= 4 is 27.2 Å². The van der Waals surface area contributed by atoms with Crippen molar-refractivity contribution in [3.8, 4) is 0 Å². The number of nitrogens with two attached hydrogens (primary N) is 1. The molecule has 0 aliphatic carbocycles. The van der Waals surface area contributed by atoms with Crippen LogP contribution in [0.2, 0.25) is 0 Å². The van der Waals surface area contributed by atoms with Gasteiger partial charge in [0.2, 0.25) is 10.0 Å². The maximum absolute atomic E-state index is 13.9. The molecule has 2 N–H and O–H groups in total. The minimum Gasteiger partial charge on any atom is -0.389 e. The van der Waals surface area contributed by atoms with E-state index in [0.29, 0.717) is 0 Å². The molecule has 0 aliphatic heterocycles. The molecule has 1 aromatic carbocycles. The van der Waals surface area contributed by atoms with Crippen LogP contribution >= 0.6 is 12.2 Å². The van der Waals surface area contributed by atoms with Crippen molar-refractivity contribution in [1.82, 2.24) is 4.31 Å². The number of hydrogen-bond acceptors (Lipinski definition) is 3.